The predicted octanol–water partition coefficient (Wildman–Crippen LogP) is 15.1. The Morgan fingerprint density at radius 2 is 0.759 bits per heavy atom. The second-order valence-electron chi connectivity index (χ2n) is 14.1. The lowest BCUT2D eigenvalue weighted by atomic mass is 9.88. The van der Waals surface area contributed by atoms with Crippen LogP contribution in [0.3, 0.4) is 0 Å². The summed E-state index contributed by atoms with van der Waals surface area (Å²) in [5.41, 5.74) is 5.39. The molecule has 6 heteroatoms. The summed E-state index contributed by atoms with van der Waals surface area (Å²) in [5.74, 6) is 0.558. The third-order valence-corrected chi connectivity index (χ3v) is 6.09. The maximum absolute atomic E-state index is 4.91. The zero-order valence-corrected chi connectivity index (χ0v) is 40.2. The molecule has 0 aliphatic rings. The van der Waals surface area contributed by atoms with Gasteiger partial charge in [-0.15, -0.1) is 0 Å². The van der Waals surface area contributed by atoms with Crippen molar-refractivity contribution in [1.82, 2.24) is 24.9 Å². The van der Waals surface area contributed by atoms with Crippen LogP contribution in [0.15, 0.2) is 85.8 Å². The molecule has 0 atom stereocenters. The molecule has 0 aromatic carbocycles. The molecule has 0 radical (unpaired) electrons. The van der Waals surface area contributed by atoms with Crippen molar-refractivity contribution in [3.8, 4) is 5.88 Å². The van der Waals surface area contributed by atoms with Crippen molar-refractivity contribution in [2.75, 3.05) is 7.11 Å². The molecular formula is C48H89N5O. The van der Waals surface area contributed by atoms with E-state index in [2.05, 4.69) is 126 Å². The highest BCUT2D eigenvalue weighted by Gasteiger charge is 2.16. The van der Waals surface area contributed by atoms with Crippen LogP contribution in [0, 0.1) is 0 Å². The molecule has 54 heavy (non-hydrogen) atoms. The molecule has 0 fully saturated rings. The van der Waals surface area contributed by atoms with E-state index in [0.717, 1.165) is 11.4 Å². The average molecular weight is 752 g/mol. The summed E-state index contributed by atoms with van der Waals surface area (Å²) in [5, 5.41) is 0. The first kappa shape index (κ1) is 62.3. The number of aromatic nitrogens is 5. The highest BCUT2D eigenvalue weighted by molar-refractivity contribution is 5.18. The van der Waals surface area contributed by atoms with Gasteiger partial charge in [-0.1, -0.05) is 184 Å². The molecule has 4 heterocycles. The molecule has 0 spiro atoms. The Morgan fingerprint density at radius 3 is 0.944 bits per heavy atom. The van der Waals surface area contributed by atoms with Crippen molar-refractivity contribution < 1.29 is 4.74 Å². The van der Waals surface area contributed by atoms with E-state index in [9.17, 15) is 0 Å². The van der Waals surface area contributed by atoms with E-state index in [-0.39, 0.29) is 21.7 Å². The van der Waals surface area contributed by atoms with Crippen molar-refractivity contribution >= 4 is 0 Å². The normalized spacial score (nSPS) is 9.57. The molecule has 312 valence electrons. The van der Waals surface area contributed by atoms with Crippen LogP contribution in [-0.4, -0.2) is 32.0 Å². The third-order valence-electron chi connectivity index (χ3n) is 6.09. The molecule has 0 unspecified atom stereocenters. The molecule has 0 bridgehead atoms. The Morgan fingerprint density at radius 1 is 0.370 bits per heavy atom. The monoisotopic (exact) mass is 752 g/mol. The zero-order valence-electron chi connectivity index (χ0n) is 40.2. The molecule has 0 amide bonds. The van der Waals surface area contributed by atoms with Gasteiger partial charge in [0.15, 0.2) is 0 Å². The Labute approximate surface area is 337 Å². The quantitative estimate of drug-likeness (QED) is 0.193. The summed E-state index contributed by atoms with van der Waals surface area (Å²) in [6.45, 7) is 49.9. The van der Waals surface area contributed by atoms with E-state index in [4.69, 9.17) is 4.74 Å². The lowest BCUT2D eigenvalue weighted by Crippen LogP contribution is -2.13. The molecule has 0 saturated carbocycles. The summed E-state index contributed by atoms with van der Waals surface area (Å²) in [4.78, 5) is 20.7. The fourth-order valence-electron chi connectivity index (χ4n) is 3.23. The van der Waals surface area contributed by atoms with E-state index >= 15 is 0 Å². The molecule has 0 aliphatic heterocycles. The van der Waals surface area contributed by atoms with Crippen LogP contribution in [0.25, 0.3) is 0 Å². The summed E-state index contributed by atoms with van der Waals surface area (Å²) < 4.78 is 4.91. The highest BCUT2D eigenvalue weighted by Crippen LogP contribution is 2.21. The minimum absolute atomic E-state index is 0.0548. The van der Waals surface area contributed by atoms with E-state index in [0.29, 0.717) is 5.88 Å². The number of pyridine rings is 3. The first-order valence-electron chi connectivity index (χ1n) is 20.4. The van der Waals surface area contributed by atoms with Crippen LogP contribution in [0.1, 0.15) is 189 Å². The number of rotatable bonds is 1. The second-order valence-corrected chi connectivity index (χ2v) is 14.1. The predicted molar refractivity (Wildman–Crippen MR) is 244 cm³/mol. The molecule has 4 rings (SSSR count). The second kappa shape index (κ2) is 37.6. The Bertz CT molecular complexity index is 1130. The number of hydrogen-bond acceptors (Lipinski definition) is 6. The molecule has 0 aliphatic carbocycles. The number of methoxy groups -OCH3 is 1. The van der Waals surface area contributed by atoms with Gasteiger partial charge in [0.1, 0.15) is 0 Å². The van der Waals surface area contributed by atoms with Gasteiger partial charge in [0.05, 0.1) is 25.2 Å². The Kier molecular flexibility index (Phi) is 43.4. The Hall–Kier alpha value is -3.67. The van der Waals surface area contributed by atoms with E-state index in [1.165, 1.54) is 11.1 Å². The lowest BCUT2D eigenvalue weighted by molar-refractivity contribution is 0.393. The molecule has 0 N–H and O–H groups in total. The maximum Gasteiger partial charge on any atom is 0.231 e. The lowest BCUT2D eigenvalue weighted by Gasteiger charge is -2.17. The molecule has 4 aromatic rings. The summed E-state index contributed by atoms with van der Waals surface area (Å²) in [6.07, 6.45) is 12.7. The molecule has 4 aromatic heterocycles. The third kappa shape index (κ3) is 34.1. The van der Waals surface area contributed by atoms with Gasteiger partial charge in [0, 0.05) is 47.5 Å². The van der Waals surface area contributed by atoms with Crippen LogP contribution in [0.4, 0.5) is 0 Å². The zero-order chi connectivity index (χ0) is 44.0. The fraction of sp³-hybridized carbons (Fsp3) is 0.604. The van der Waals surface area contributed by atoms with Crippen molar-refractivity contribution in [3.63, 3.8) is 0 Å². The SMILES string of the molecule is CC.CC.CC.CC.CC.CC.CC(C)(C)c1ccccn1.CC(C)(C)c1cccnc1.CC(C)(C)c1cccnc1.COc1cnc(C(C)(C)C)cn1. The summed E-state index contributed by atoms with van der Waals surface area (Å²) in [7, 11) is 1.58. The van der Waals surface area contributed by atoms with E-state index in [1.54, 1.807) is 31.9 Å². The van der Waals surface area contributed by atoms with Crippen molar-refractivity contribution in [2.45, 2.75) is 188 Å². The Balaban J connectivity index is -0.000000130. The molecule has 6 nitrogen and oxygen atoms in total. The van der Waals surface area contributed by atoms with Gasteiger partial charge in [-0.05, 0) is 46.2 Å². The number of hydrogen-bond donors (Lipinski definition) is 0. The van der Waals surface area contributed by atoms with Gasteiger partial charge in [-0.2, -0.15) is 0 Å². The molecular weight excluding hydrogens is 663 g/mol. The van der Waals surface area contributed by atoms with Gasteiger partial charge >= 0.3 is 0 Å². The smallest absolute Gasteiger partial charge is 0.231 e. The van der Waals surface area contributed by atoms with Crippen LogP contribution in [0.2, 0.25) is 0 Å². The largest absolute Gasteiger partial charge is 0.480 e. The van der Waals surface area contributed by atoms with Crippen LogP contribution in [0.5, 0.6) is 5.88 Å². The van der Waals surface area contributed by atoms with Gasteiger partial charge in [0.25, 0.3) is 0 Å². The van der Waals surface area contributed by atoms with Gasteiger partial charge in [0.2, 0.25) is 5.88 Å². The van der Waals surface area contributed by atoms with Gasteiger partial charge < -0.3 is 4.74 Å². The first-order valence-corrected chi connectivity index (χ1v) is 20.4. The van der Waals surface area contributed by atoms with Crippen LogP contribution < -0.4 is 4.74 Å². The topological polar surface area (TPSA) is 73.7 Å². The van der Waals surface area contributed by atoms with Crippen molar-refractivity contribution in [3.05, 3.63) is 108 Å². The molecule has 0 saturated heterocycles. The average Bonchev–Trinajstić information content (AvgIpc) is 3.20. The van der Waals surface area contributed by atoms with Gasteiger partial charge in [-0.25, -0.2) is 4.98 Å². The summed E-state index contributed by atoms with van der Waals surface area (Å²) in [6, 6.07) is 14.2. The minimum atomic E-state index is 0.0548. The standard InChI is InChI=1S/C9H14N2O.3C9H13N.6C2H6/c1-9(2,3)7-5-11-8(12-4)6-10-7;2*1-9(2,3)8-5-4-6-10-7-8;1-9(2,3)8-6-4-5-7-10-8;6*1-2/h5-6H,1-4H3;3*4-7H,1-3H3;6*1-2H3. The van der Waals surface area contributed by atoms with E-state index < -0.39 is 0 Å². The highest BCUT2D eigenvalue weighted by atomic mass is 16.5. The summed E-state index contributed by atoms with van der Waals surface area (Å²) >= 11 is 0. The number of nitrogens with zero attached hydrogens (tertiary/aromatic N) is 5. The number of ether oxygens (including phenoxy) is 1. The van der Waals surface area contributed by atoms with Crippen molar-refractivity contribution in [1.29, 1.82) is 0 Å². The van der Waals surface area contributed by atoms with E-state index in [1.807, 2.05) is 126 Å². The van der Waals surface area contributed by atoms with Crippen LogP contribution >= 0.6 is 0 Å². The van der Waals surface area contributed by atoms with Crippen molar-refractivity contribution in [2.24, 2.45) is 0 Å². The maximum atomic E-state index is 4.91. The first-order chi connectivity index (χ1) is 25.4. The minimum Gasteiger partial charge on any atom is -0.480 e. The van der Waals surface area contributed by atoms with Gasteiger partial charge in [-0.3, -0.25) is 19.9 Å². The fourth-order valence-corrected chi connectivity index (χ4v) is 3.23. The van der Waals surface area contributed by atoms with Crippen LogP contribution in [-0.2, 0) is 21.7 Å².